The summed E-state index contributed by atoms with van der Waals surface area (Å²) < 4.78 is 18.4. The lowest BCUT2D eigenvalue weighted by Crippen LogP contribution is -2.34. The van der Waals surface area contributed by atoms with Crippen LogP contribution >= 0.6 is 22.9 Å². The fourth-order valence-corrected chi connectivity index (χ4v) is 3.60. The van der Waals surface area contributed by atoms with E-state index in [-0.39, 0.29) is 5.02 Å². The van der Waals surface area contributed by atoms with Gasteiger partial charge < -0.3 is 9.64 Å². The average Bonchev–Trinajstić information content (AvgIpc) is 3.11. The average molecular weight is 380 g/mol. The number of hydrogen-bond donors (Lipinski definition) is 0. The van der Waals surface area contributed by atoms with Crippen molar-refractivity contribution in [3.8, 4) is 0 Å². The van der Waals surface area contributed by atoms with Crippen molar-refractivity contribution in [2.24, 2.45) is 4.99 Å². The first-order valence-electron chi connectivity index (χ1n) is 7.39. The molecular weight excluding hydrogens is 365 g/mol. The molecule has 1 atom stereocenters. The number of thiazole rings is 1. The molecule has 0 bridgehead atoms. The minimum absolute atomic E-state index is 0.200. The van der Waals surface area contributed by atoms with Crippen LogP contribution in [0.15, 0.2) is 46.0 Å². The SMILES string of the molecule is COC(=O)C1=C(C)N(C)C(c2nccs2)=NC1c1ccc(F)cc1Cl. The molecule has 25 heavy (non-hydrogen) atoms. The molecule has 8 heteroatoms. The van der Waals surface area contributed by atoms with Gasteiger partial charge in [-0.15, -0.1) is 11.3 Å². The summed E-state index contributed by atoms with van der Waals surface area (Å²) in [5.41, 5.74) is 1.57. The predicted octanol–water partition coefficient (Wildman–Crippen LogP) is 3.82. The first-order valence-corrected chi connectivity index (χ1v) is 8.65. The molecule has 0 amide bonds. The van der Waals surface area contributed by atoms with Crippen LogP contribution in [0, 0.1) is 5.82 Å². The molecule has 1 aliphatic rings. The molecule has 1 aromatic heterocycles. The highest BCUT2D eigenvalue weighted by Crippen LogP contribution is 2.38. The molecule has 2 heterocycles. The number of amidine groups is 1. The van der Waals surface area contributed by atoms with Crippen LogP contribution < -0.4 is 0 Å². The fourth-order valence-electron chi connectivity index (χ4n) is 2.66. The lowest BCUT2D eigenvalue weighted by Gasteiger charge is -2.31. The number of hydrogen-bond acceptors (Lipinski definition) is 6. The van der Waals surface area contributed by atoms with Gasteiger partial charge in [0.05, 0.1) is 12.7 Å². The summed E-state index contributed by atoms with van der Waals surface area (Å²) in [6, 6.07) is 3.34. The number of aromatic nitrogens is 1. The van der Waals surface area contributed by atoms with Crippen molar-refractivity contribution in [1.29, 1.82) is 0 Å². The zero-order valence-electron chi connectivity index (χ0n) is 13.8. The molecule has 2 aromatic rings. The van der Waals surface area contributed by atoms with E-state index in [1.54, 1.807) is 25.1 Å². The van der Waals surface area contributed by atoms with Gasteiger partial charge in [-0.2, -0.15) is 0 Å². The number of ether oxygens (including phenoxy) is 1. The molecule has 0 N–H and O–H groups in total. The maximum Gasteiger partial charge on any atom is 0.338 e. The lowest BCUT2D eigenvalue weighted by atomic mass is 9.95. The Morgan fingerprint density at radius 3 is 2.80 bits per heavy atom. The van der Waals surface area contributed by atoms with Crippen molar-refractivity contribution in [3.63, 3.8) is 0 Å². The van der Waals surface area contributed by atoms with Crippen LogP contribution in [0.25, 0.3) is 0 Å². The van der Waals surface area contributed by atoms with E-state index in [2.05, 4.69) is 4.98 Å². The molecule has 1 aromatic carbocycles. The first kappa shape index (κ1) is 17.6. The number of allylic oxidation sites excluding steroid dienone is 1. The van der Waals surface area contributed by atoms with Gasteiger partial charge in [0.15, 0.2) is 10.8 Å². The summed E-state index contributed by atoms with van der Waals surface area (Å²) in [4.78, 5) is 23.1. The molecule has 1 unspecified atom stereocenters. The molecule has 0 fully saturated rings. The van der Waals surface area contributed by atoms with E-state index in [0.717, 1.165) is 0 Å². The molecule has 0 spiro atoms. The Labute approximate surface area is 153 Å². The van der Waals surface area contributed by atoms with Gasteiger partial charge in [-0.05, 0) is 19.1 Å². The number of methoxy groups -OCH3 is 1. The zero-order chi connectivity index (χ0) is 18.1. The fraction of sp³-hybridized carbons (Fsp3) is 0.235. The Morgan fingerprint density at radius 2 is 2.20 bits per heavy atom. The van der Waals surface area contributed by atoms with Crippen LogP contribution in [0.1, 0.15) is 23.5 Å². The summed E-state index contributed by atoms with van der Waals surface area (Å²) >= 11 is 7.66. The molecule has 0 saturated heterocycles. The summed E-state index contributed by atoms with van der Waals surface area (Å²) in [5, 5.41) is 2.76. The number of halogens is 2. The van der Waals surface area contributed by atoms with Crippen molar-refractivity contribution >= 4 is 34.7 Å². The third-order valence-corrected chi connectivity index (χ3v) is 5.12. The van der Waals surface area contributed by atoms with Crippen LogP contribution in [0.3, 0.4) is 0 Å². The van der Waals surface area contributed by atoms with Gasteiger partial charge in [0.25, 0.3) is 0 Å². The Kier molecular flexibility index (Phi) is 4.87. The van der Waals surface area contributed by atoms with E-state index in [1.165, 1.54) is 36.6 Å². The van der Waals surface area contributed by atoms with Crippen molar-refractivity contribution < 1.29 is 13.9 Å². The second kappa shape index (κ2) is 6.93. The van der Waals surface area contributed by atoms with E-state index >= 15 is 0 Å². The highest BCUT2D eigenvalue weighted by atomic mass is 35.5. The number of benzene rings is 1. The second-order valence-electron chi connectivity index (χ2n) is 5.41. The zero-order valence-corrected chi connectivity index (χ0v) is 15.4. The van der Waals surface area contributed by atoms with E-state index in [9.17, 15) is 9.18 Å². The second-order valence-corrected chi connectivity index (χ2v) is 6.71. The van der Waals surface area contributed by atoms with E-state index < -0.39 is 17.8 Å². The van der Waals surface area contributed by atoms with Crippen molar-refractivity contribution in [1.82, 2.24) is 9.88 Å². The van der Waals surface area contributed by atoms with Gasteiger partial charge >= 0.3 is 5.97 Å². The summed E-state index contributed by atoms with van der Waals surface area (Å²) in [7, 11) is 3.12. The van der Waals surface area contributed by atoms with Crippen molar-refractivity contribution in [3.05, 3.63) is 62.5 Å². The smallest absolute Gasteiger partial charge is 0.338 e. The van der Waals surface area contributed by atoms with Crippen LogP contribution in [-0.4, -0.2) is 35.8 Å². The van der Waals surface area contributed by atoms with Gasteiger partial charge in [-0.3, -0.25) is 4.99 Å². The minimum atomic E-state index is -0.698. The van der Waals surface area contributed by atoms with E-state index in [4.69, 9.17) is 21.3 Å². The normalized spacial score (nSPS) is 17.6. The monoisotopic (exact) mass is 379 g/mol. The molecule has 3 rings (SSSR count). The Bertz CT molecular complexity index is 880. The molecule has 1 aliphatic heterocycles. The van der Waals surface area contributed by atoms with Gasteiger partial charge in [0, 0.05) is 34.9 Å². The molecule has 130 valence electrons. The van der Waals surface area contributed by atoms with Crippen molar-refractivity contribution in [2.75, 3.05) is 14.2 Å². The van der Waals surface area contributed by atoms with E-state index in [0.29, 0.717) is 27.7 Å². The number of rotatable bonds is 3. The molecule has 5 nitrogen and oxygen atoms in total. The molecular formula is C17H15ClFN3O2S. The van der Waals surface area contributed by atoms with Gasteiger partial charge in [0.2, 0.25) is 0 Å². The first-order chi connectivity index (χ1) is 11.9. The van der Waals surface area contributed by atoms with E-state index in [1.807, 2.05) is 5.38 Å². The standard InChI is InChI=1S/C17H15ClFN3O2S/c1-9-13(17(23)24-3)14(11-5-4-10(19)8-12(11)18)21-15(22(9)2)16-20-6-7-25-16/h4-8,14H,1-3H3. The number of aliphatic imine (C=N–C) groups is 1. The third kappa shape index (κ3) is 3.17. The molecule has 0 radical (unpaired) electrons. The van der Waals surface area contributed by atoms with Gasteiger partial charge in [-0.1, -0.05) is 17.7 Å². The van der Waals surface area contributed by atoms with Crippen LogP contribution in [0.4, 0.5) is 4.39 Å². The number of esters is 1. The topological polar surface area (TPSA) is 54.8 Å². The third-order valence-electron chi connectivity index (χ3n) is 4.02. The Balaban J connectivity index is 2.20. The molecule has 0 aliphatic carbocycles. The van der Waals surface area contributed by atoms with Crippen LogP contribution in [0.2, 0.25) is 5.02 Å². The highest BCUT2D eigenvalue weighted by Gasteiger charge is 2.34. The van der Waals surface area contributed by atoms with Crippen LogP contribution in [-0.2, 0) is 9.53 Å². The largest absolute Gasteiger partial charge is 0.466 e. The van der Waals surface area contributed by atoms with Gasteiger partial charge in [0.1, 0.15) is 11.9 Å². The highest BCUT2D eigenvalue weighted by molar-refractivity contribution is 7.11. The predicted molar refractivity (Wildman–Crippen MR) is 95.3 cm³/mol. The summed E-state index contributed by atoms with van der Waals surface area (Å²) in [6.07, 6.45) is 1.69. The number of carbonyl (C=O) groups is 1. The quantitative estimate of drug-likeness (QED) is 0.761. The Hall–Kier alpha value is -2.25. The minimum Gasteiger partial charge on any atom is -0.466 e. The summed E-state index contributed by atoms with van der Waals surface area (Å²) in [5.74, 6) is -0.339. The maximum atomic E-state index is 13.4. The number of nitrogens with zero attached hydrogens (tertiary/aromatic N) is 3. The van der Waals surface area contributed by atoms with Crippen LogP contribution in [0.5, 0.6) is 0 Å². The lowest BCUT2D eigenvalue weighted by molar-refractivity contribution is -0.136. The number of carbonyl (C=O) groups excluding carboxylic acids is 1. The maximum absolute atomic E-state index is 13.4. The summed E-state index contributed by atoms with van der Waals surface area (Å²) in [6.45, 7) is 1.80. The Morgan fingerprint density at radius 1 is 1.44 bits per heavy atom. The van der Waals surface area contributed by atoms with Gasteiger partial charge in [-0.25, -0.2) is 14.2 Å². The van der Waals surface area contributed by atoms with Crippen molar-refractivity contribution in [2.45, 2.75) is 13.0 Å². The molecule has 0 saturated carbocycles.